The molecular weight excluding hydrogens is 232 g/mol. The van der Waals surface area contributed by atoms with E-state index < -0.39 is 0 Å². The number of alkyl halides is 1. The summed E-state index contributed by atoms with van der Waals surface area (Å²) in [7, 11) is 0. The van der Waals surface area contributed by atoms with Gasteiger partial charge in [-0.1, -0.05) is 25.1 Å². The van der Waals surface area contributed by atoms with Crippen molar-refractivity contribution >= 4 is 22.5 Å². The zero-order valence-corrected chi connectivity index (χ0v) is 11.2. The molecule has 2 nitrogen and oxygen atoms in total. The summed E-state index contributed by atoms with van der Waals surface area (Å²) in [6.07, 6.45) is 2.12. The molecule has 0 N–H and O–H groups in total. The van der Waals surface area contributed by atoms with E-state index in [9.17, 15) is 0 Å². The van der Waals surface area contributed by atoms with Gasteiger partial charge < -0.3 is 0 Å². The lowest BCUT2D eigenvalue weighted by molar-refractivity contribution is 0.578. The Balaban J connectivity index is 2.28. The maximum absolute atomic E-state index is 5.84. The summed E-state index contributed by atoms with van der Waals surface area (Å²) in [6.45, 7) is 5.24. The molecule has 0 radical (unpaired) electrons. The van der Waals surface area contributed by atoms with E-state index in [2.05, 4.69) is 47.9 Å². The van der Waals surface area contributed by atoms with Gasteiger partial charge in [-0.05, 0) is 31.7 Å². The lowest BCUT2D eigenvalue weighted by Gasteiger charge is -2.04. The first kappa shape index (κ1) is 12.4. The number of fused-ring (bicyclic) bond motifs is 1. The van der Waals surface area contributed by atoms with Gasteiger partial charge in [-0.3, -0.25) is 4.68 Å². The lowest BCUT2D eigenvalue weighted by Crippen LogP contribution is -2.01. The molecule has 1 atom stereocenters. The summed E-state index contributed by atoms with van der Waals surface area (Å²) in [6, 6.07) is 8.45. The summed E-state index contributed by atoms with van der Waals surface area (Å²) in [5.74, 6) is 1.29. The highest BCUT2D eigenvalue weighted by Crippen LogP contribution is 2.21. The normalized spacial score (nSPS) is 13.1. The van der Waals surface area contributed by atoms with Crippen molar-refractivity contribution in [1.82, 2.24) is 9.78 Å². The van der Waals surface area contributed by atoms with Crippen molar-refractivity contribution in [1.29, 1.82) is 0 Å². The number of nitrogens with zero attached hydrogens (tertiary/aromatic N) is 2. The van der Waals surface area contributed by atoms with Gasteiger partial charge in [0, 0.05) is 17.8 Å². The number of benzene rings is 1. The highest BCUT2D eigenvalue weighted by molar-refractivity contribution is 6.18. The van der Waals surface area contributed by atoms with Crippen LogP contribution in [0, 0.1) is 5.92 Å². The third-order valence-electron chi connectivity index (χ3n) is 3.17. The molecule has 0 saturated heterocycles. The van der Waals surface area contributed by atoms with Gasteiger partial charge in [0.05, 0.1) is 11.2 Å². The van der Waals surface area contributed by atoms with Crippen molar-refractivity contribution in [2.45, 2.75) is 33.2 Å². The topological polar surface area (TPSA) is 17.8 Å². The average Bonchev–Trinajstić information content (AvgIpc) is 2.74. The van der Waals surface area contributed by atoms with E-state index in [1.54, 1.807) is 0 Å². The molecule has 0 saturated carbocycles. The fraction of sp³-hybridized carbons (Fsp3) is 0.500. The van der Waals surface area contributed by atoms with Crippen LogP contribution in [0.25, 0.3) is 10.9 Å². The van der Waals surface area contributed by atoms with Crippen LogP contribution in [0.3, 0.4) is 0 Å². The molecule has 2 aromatic rings. The first-order chi connectivity index (χ1) is 8.26. The molecule has 92 valence electrons. The molecular formula is C14H19ClN2. The molecule has 1 aromatic heterocycles. The van der Waals surface area contributed by atoms with Crippen molar-refractivity contribution in [2.24, 2.45) is 5.92 Å². The highest BCUT2D eigenvalue weighted by atomic mass is 35.5. The van der Waals surface area contributed by atoms with Crippen LogP contribution in [0.2, 0.25) is 0 Å². The number of rotatable bonds is 5. The van der Waals surface area contributed by atoms with Gasteiger partial charge in [0.2, 0.25) is 0 Å². The smallest absolute Gasteiger partial charge is 0.0703 e. The van der Waals surface area contributed by atoms with Crippen LogP contribution in [0.5, 0.6) is 0 Å². The number of hydrogen-bond acceptors (Lipinski definition) is 1. The monoisotopic (exact) mass is 250 g/mol. The second-order valence-electron chi connectivity index (χ2n) is 4.58. The summed E-state index contributed by atoms with van der Waals surface area (Å²) in [4.78, 5) is 0. The van der Waals surface area contributed by atoms with E-state index in [0.29, 0.717) is 5.92 Å². The molecule has 2 rings (SSSR count). The predicted molar refractivity (Wildman–Crippen MR) is 73.6 cm³/mol. The maximum atomic E-state index is 5.84. The molecule has 3 heteroatoms. The third kappa shape index (κ3) is 2.63. The Morgan fingerprint density at radius 2 is 2.12 bits per heavy atom. The minimum atomic E-state index is 0.558. The van der Waals surface area contributed by atoms with E-state index >= 15 is 0 Å². The molecule has 0 aliphatic heterocycles. The van der Waals surface area contributed by atoms with Crippen LogP contribution >= 0.6 is 11.6 Å². The zero-order valence-electron chi connectivity index (χ0n) is 10.5. The maximum Gasteiger partial charge on any atom is 0.0703 e. The molecule has 17 heavy (non-hydrogen) atoms. The number of aromatic nitrogens is 2. The van der Waals surface area contributed by atoms with E-state index in [1.807, 2.05) is 0 Å². The Labute approximate surface area is 108 Å². The van der Waals surface area contributed by atoms with Crippen LogP contribution in [0.15, 0.2) is 24.3 Å². The zero-order chi connectivity index (χ0) is 12.3. The van der Waals surface area contributed by atoms with Gasteiger partial charge >= 0.3 is 0 Å². The Kier molecular flexibility index (Phi) is 4.06. The summed E-state index contributed by atoms with van der Waals surface area (Å²) < 4.78 is 2.08. The number of hydrogen-bond donors (Lipinski definition) is 0. The Morgan fingerprint density at radius 1 is 1.35 bits per heavy atom. The molecule has 0 amide bonds. The third-order valence-corrected chi connectivity index (χ3v) is 3.70. The summed E-state index contributed by atoms with van der Waals surface area (Å²) >= 11 is 5.84. The van der Waals surface area contributed by atoms with E-state index in [0.717, 1.165) is 25.3 Å². The van der Waals surface area contributed by atoms with E-state index in [-0.39, 0.29) is 0 Å². The fourth-order valence-electron chi connectivity index (χ4n) is 2.08. The van der Waals surface area contributed by atoms with Crippen molar-refractivity contribution in [3.05, 3.63) is 30.0 Å². The Morgan fingerprint density at radius 3 is 2.82 bits per heavy atom. The van der Waals surface area contributed by atoms with Crippen molar-refractivity contribution in [3.8, 4) is 0 Å². The quantitative estimate of drug-likeness (QED) is 0.737. The SMILES string of the molecule is CCn1nc(CCC(C)CCl)c2ccccc21. The lowest BCUT2D eigenvalue weighted by atomic mass is 10.0. The van der Waals surface area contributed by atoms with Gasteiger partial charge in [0.15, 0.2) is 0 Å². The molecule has 0 aliphatic carbocycles. The first-order valence-corrected chi connectivity index (χ1v) is 6.80. The van der Waals surface area contributed by atoms with Crippen LogP contribution in [-0.2, 0) is 13.0 Å². The van der Waals surface area contributed by atoms with E-state index in [1.165, 1.54) is 16.6 Å². The van der Waals surface area contributed by atoms with Crippen LogP contribution in [0.4, 0.5) is 0 Å². The number of para-hydroxylation sites is 1. The minimum Gasteiger partial charge on any atom is -0.265 e. The first-order valence-electron chi connectivity index (χ1n) is 6.26. The van der Waals surface area contributed by atoms with Gasteiger partial charge in [-0.2, -0.15) is 5.10 Å². The predicted octanol–water partition coefficient (Wildman–Crippen LogP) is 3.86. The van der Waals surface area contributed by atoms with Crippen LogP contribution in [-0.4, -0.2) is 15.7 Å². The fourth-order valence-corrected chi connectivity index (χ4v) is 2.24. The second-order valence-corrected chi connectivity index (χ2v) is 4.89. The molecule has 0 spiro atoms. The van der Waals surface area contributed by atoms with Gasteiger partial charge in [0.1, 0.15) is 0 Å². The van der Waals surface area contributed by atoms with Crippen molar-refractivity contribution in [3.63, 3.8) is 0 Å². The van der Waals surface area contributed by atoms with Crippen molar-refractivity contribution in [2.75, 3.05) is 5.88 Å². The largest absolute Gasteiger partial charge is 0.265 e. The number of halogens is 1. The Hall–Kier alpha value is -1.02. The van der Waals surface area contributed by atoms with Crippen LogP contribution < -0.4 is 0 Å². The minimum absolute atomic E-state index is 0.558. The summed E-state index contributed by atoms with van der Waals surface area (Å²) in [5, 5.41) is 5.98. The van der Waals surface area contributed by atoms with E-state index in [4.69, 9.17) is 11.6 Å². The standard InChI is InChI=1S/C14H19ClN2/c1-3-17-14-7-5-4-6-12(14)13(16-17)9-8-11(2)10-15/h4-7,11H,3,8-10H2,1-2H3. The number of aryl methyl sites for hydroxylation is 2. The molecule has 0 fully saturated rings. The Bertz CT molecular complexity index is 490. The highest BCUT2D eigenvalue weighted by Gasteiger charge is 2.10. The van der Waals surface area contributed by atoms with Gasteiger partial charge in [-0.25, -0.2) is 0 Å². The molecule has 0 aliphatic rings. The molecule has 1 unspecified atom stereocenters. The van der Waals surface area contributed by atoms with Gasteiger partial charge in [0.25, 0.3) is 0 Å². The average molecular weight is 251 g/mol. The summed E-state index contributed by atoms with van der Waals surface area (Å²) in [5.41, 5.74) is 2.45. The second kappa shape index (κ2) is 5.54. The van der Waals surface area contributed by atoms with Gasteiger partial charge in [-0.15, -0.1) is 11.6 Å². The molecule has 1 heterocycles. The molecule has 0 bridgehead atoms. The molecule has 1 aromatic carbocycles. The van der Waals surface area contributed by atoms with Crippen molar-refractivity contribution < 1.29 is 0 Å². The van der Waals surface area contributed by atoms with Crippen LogP contribution in [0.1, 0.15) is 26.0 Å².